The van der Waals surface area contributed by atoms with Crippen LogP contribution >= 0.6 is 7.82 Å². The van der Waals surface area contributed by atoms with Crippen LogP contribution < -0.4 is 0 Å². The molecule has 0 amide bonds. The van der Waals surface area contributed by atoms with Crippen molar-refractivity contribution in [3.05, 3.63) is 122 Å². The average Bonchev–Trinajstić information content (AvgIpc) is 3.41. The van der Waals surface area contributed by atoms with Gasteiger partial charge in [-0.25, -0.2) is 4.57 Å². The number of esters is 3. The first-order chi connectivity index (χ1) is 37.2. The molecule has 0 aromatic heterocycles. The van der Waals surface area contributed by atoms with Gasteiger partial charge in [0.2, 0.25) is 0 Å². The van der Waals surface area contributed by atoms with E-state index in [0.717, 1.165) is 89.9 Å². The van der Waals surface area contributed by atoms with E-state index in [9.17, 15) is 28.9 Å². The fourth-order valence-corrected chi connectivity index (χ4v) is 8.27. The Balaban J connectivity index is 4.88. The number of allylic oxidation sites excluding steroid dienone is 20. The number of aliphatic hydroxyl groups is 1. The quantitative estimate of drug-likeness (QED) is 0.0197. The van der Waals surface area contributed by atoms with Gasteiger partial charge in [0.15, 0.2) is 6.10 Å². The Kier molecular flexibility index (Phi) is 54.0. The molecule has 0 aromatic rings. The Labute approximate surface area is 462 Å². The normalized spacial score (nSPS) is 14.2. The topological polar surface area (TPSA) is 155 Å². The fraction of sp³-hybridized carbons (Fsp3) is 0.641. The summed E-state index contributed by atoms with van der Waals surface area (Å²) in [5.74, 6) is -1.62. The maximum atomic E-state index is 12.9. The summed E-state index contributed by atoms with van der Waals surface area (Å²) in [4.78, 5) is 48.5. The monoisotopic (exact) mass is 1080 g/mol. The third kappa shape index (κ3) is 54.7. The van der Waals surface area contributed by atoms with Gasteiger partial charge in [0, 0.05) is 19.3 Å². The standard InChI is InChI=1S/C64H105O11P/c1-4-7-10-13-16-19-22-25-28-29-30-31-34-37-40-43-46-49-52-55-64(68)75-61(57-71-62(66)53-50-47-44-41-38-35-32-26-23-20-17-14-11-8-5-2)59-73-76(69,70)72-58-60(56-65)74-63(67)54-51-48-45-42-39-36-33-27-24-21-18-15-12-9-6-3/h7,9-10,12,16,18-19,21,25,27-28,30-31,33,37,39-40,42,46,49,60-61,65H,4-6,8,11,13-15,17,20,22-24,26,29,32,34-36,38,41,43-45,47-48,50-59H2,1-3H3,(H,69,70)/b10-7-,12-9-,19-16-,21-18-,28-25-,31-30-,33-27-,40-37-,42-39-,49-46-. The molecular formula is C64H105O11P. The number of hydrogen-bond acceptors (Lipinski definition) is 10. The van der Waals surface area contributed by atoms with E-state index in [4.69, 9.17) is 23.3 Å². The molecule has 0 saturated carbocycles. The predicted octanol–water partition coefficient (Wildman–Crippen LogP) is 17.6. The van der Waals surface area contributed by atoms with Crippen LogP contribution in [0.3, 0.4) is 0 Å². The highest BCUT2D eigenvalue weighted by Crippen LogP contribution is 2.43. The van der Waals surface area contributed by atoms with Crippen LogP contribution in [-0.2, 0) is 42.2 Å². The number of carbonyl (C=O) groups is 3. The molecule has 0 fully saturated rings. The SMILES string of the molecule is CC/C=C\C/C=C\C/C=C\C/C=C\C/C=C\C/C=C\CCC(=O)OC(COC(=O)CCCCCCCCCCCCCCCCC)COP(=O)(O)OCC(CO)OC(=O)CCCC/C=C\C/C=C\C/C=C\C/C=C\CC. The summed E-state index contributed by atoms with van der Waals surface area (Å²) in [7, 11) is -4.79. The van der Waals surface area contributed by atoms with Crippen molar-refractivity contribution in [2.75, 3.05) is 26.4 Å². The summed E-state index contributed by atoms with van der Waals surface area (Å²) < 4.78 is 39.4. The van der Waals surface area contributed by atoms with Crippen molar-refractivity contribution in [2.24, 2.45) is 0 Å². The van der Waals surface area contributed by atoms with Crippen LogP contribution in [0.25, 0.3) is 0 Å². The first-order valence-corrected chi connectivity index (χ1v) is 30.9. The van der Waals surface area contributed by atoms with Crippen molar-refractivity contribution in [2.45, 2.75) is 238 Å². The van der Waals surface area contributed by atoms with Crippen LogP contribution in [0.5, 0.6) is 0 Å². The third-order valence-corrected chi connectivity index (χ3v) is 12.8. The first-order valence-electron chi connectivity index (χ1n) is 29.4. The minimum atomic E-state index is -4.79. The van der Waals surface area contributed by atoms with Crippen molar-refractivity contribution in [1.82, 2.24) is 0 Å². The largest absolute Gasteiger partial charge is 0.472 e. The molecule has 0 aromatic carbocycles. The van der Waals surface area contributed by atoms with Crippen molar-refractivity contribution in [3.63, 3.8) is 0 Å². The molecule has 11 nitrogen and oxygen atoms in total. The minimum absolute atomic E-state index is 0.0347. The third-order valence-electron chi connectivity index (χ3n) is 11.9. The van der Waals surface area contributed by atoms with Crippen LogP contribution in [0, 0.1) is 0 Å². The van der Waals surface area contributed by atoms with E-state index in [1.165, 1.54) is 70.6 Å². The number of carbonyl (C=O) groups excluding carboxylic acids is 3. The molecule has 0 rings (SSSR count). The summed E-state index contributed by atoms with van der Waals surface area (Å²) in [6.07, 6.45) is 70.3. The molecule has 0 bridgehead atoms. The molecule has 0 heterocycles. The Bertz CT molecular complexity index is 1740. The molecule has 76 heavy (non-hydrogen) atoms. The van der Waals surface area contributed by atoms with Gasteiger partial charge in [-0.2, -0.15) is 0 Å². The summed E-state index contributed by atoms with van der Waals surface area (Å²) >= 11 is 0. The number of rotatable bonds is 53. The smallest absolute Gasteiger partial charge is 0.462 e. The average molecular weight is 1080 g/mol. The number of phosphoric ester groups is 1. The van der Waals surface area contributed by atoms with Crippen LogP contribution in [-0.4, -0.2) is 66.5 Å². The Morgan fingerprint density at radius 1 is 0.382 bits per heavy atom. The van der Waals surface area contributed by atoms with E-state index in [0.29, 0.717) is 25.7 Å². The molecule has 0 aliphatic carbocycles. The maximum absolute atomic E-state index is 12.9. The van der Waals surface area contributed by atoms with Crippen LogP contribution in [0.2, 0.25) is 0 Å². The lowest BCUT2D eigenvalue weighted by Gasteiger charge is -2.21. The first kappa shape index (κ1) is 71.9. The molecule has 0 aliphatic heterocycles. The van der Waals surface area contributed by atoms with Crippen LogP contribution in [0.1, 0.15) is 226 Å². The fourth-order valence-electron chi connectivity index (χ4n) is 7.49. The molecular weight excluding hydrogens is 976 g/mol. The van der Waals surface area contributed by atoms with E-state index in [1.807, 2.05) is 12.2 Å². The zero-order valence-corrected chi connectivity index (χ0v) is 48.6. The van der Waals surface area contributed by atoms with Gasteiger partial charge < -0.3 is 24.2 Å². The predicted molar refractivity (Wildman–Crippen MR) is 316 cm³/mol. The molecule has 0 radical (unpaired) electrons. The zero-order chi connectivity index (χ0) is 55.5. The van der Waals surface area contributed by atoms with E-state index in [-0.39, 0.29) is 25.9 Å². The zero-order valence-electron chi connectivity index (χ0n) is 47.7. The second kappa shape index (κ2) is 57.1. The van der Waals surface area contributed by atoms with Gasteiger partial charge in [-0.15, -0.1) is 0 Å². The lowest BCUT2D eigenvalue weighted by molar-refractivity contribution is -0.161. The number of hydrogen-bond donors (Lipinski definition) is 2. The minimum Gasteiger partial charge on any atom is -0.462 e. The lowest BCUT2D eigenvalue weighted by Crippen LogP contribution is -2.30. The molecule has 0 aliphatic rings. The molecule has 12 heteroatoms. The van der Waals surface area contributed by atoms with Gasteiger partial charge >= 0.3 is 25.7 Å². The van der Waals surface area contributed by atoms with Gasteiger partial charge in [0.05, 0.1) is 19.8 Å². The summed E-state index contributed by atoms with van der Waals surface area (Å²) in [6, 6.07) is 0. The van der Waals surface area contributed by atoms with Gasteiger partial charge in [-0.05, 0) is 96.3 Å². The molecule has 3 unspecified atom stereocenters. The van der Waals surface area contributed by atoms with Crippen LogP contribution in [0.15, 0.2) is 122 Å². The van der Waals surface area contributed by atoms with Crippen molar-refractivity contribution in [1.29, 1.82) is 0 Å². The number of phosphoric acid groups is 1. The van der Waals surface area contributed by atoms with Crippen molar-refractivity contribution in [3.8, 4) is 0 Å². The Morgan fingerprint density at radius 2 is 0.711 bits per heavy atom. The van der Waals surface area contributed by atoms with E-state index in [1.54, 1.807) is 0 Å². The highest BCUT2D eigenvalue weighted by Gasteiger charge is 2.28. The van der Waals surface area contributed by atoms with Crippen molar-refractivity contribution < 1.29 is 52.2 Å². The molecule has 0 saturated heterocycles. The van der Waals surface area contributed by atoms with Gasteiger partial charge in [0.1, 0.15) is 12.7 Å². The van der Waals surface area contributed by atoms with Crippen molar-refractivity contribution >= 4 is 25.7 Å². The number of unbranched alkanes of at least 4 members (excludes halogenated alkanes) is 16. The second-order valence-electron chi connectivity index (χ2n) is 19.0. The lowest BCUT2D eigenvalue weighted by atomic mass is 10.0. The molecule has 432 valence electrons. The number of ether oxygens (including phenoxy) is 3. The Morgan fingerprint density at radius 3 is 1.13 bits per heavy atom. The summed E-state index contributed by atoms with van der Waals surface area (Å²) in [5, 5.41) is 9.81. The maximum Gasteiger partial charge on any atom is 0.472 e. The van der Waals surface area contributed by atoms with Gasteiger partial charge in [-0.3, -0.25) is 23.4 Å². The van der Waals surface area contributed by atoms with Gasteiger partial charge in [0.25, 0.3) is 0 Å². The Hall–Kier alpha value is -4.12. The number of aliphatic hydroxyl groups excluding tert-OH is 1. The summed E-state index contributed by atoms with van der Waals surface area (Å²) in [5.41, 5.74) is 0. The highest BCUT2D eigenvalue weighted by molar-refractivity contribution is 7.47. The second-order valence-corrected chi connectivity index (χ2v) is 20.5. The molecule has 2 N–H and O–H groups in total. The summed E-state index contributed by atoms with van der Waals surface area (Å²) in [6.45, 7) is 4.28. The van der Waals surface area contributed by atoms with Gasteiger partial charge in [-0.1, -0.05) is 232 Å². The van der Waals surface area contributed by atoms with Crippen LogP contribution in [0.4, 0.5) is 0 Å². The van der Waals surface area contributed by atoms with E-state index >= 15 is 0 Å². The molecule has 3 atom stereocenters. The van der Waals surface area contributed by atoms with E-state index in [2.05, 4.69) is 130 Å². The van der Waals surface area contributed by atoms with E-state index < -0.39 is 57.8 Å². The highest BCUT2D eigenvalue weighted by atomic mass is 31.2. The molecule has 0 spiro atoms.